The lowest BCUT2D eigenvalue weighted by Gasteiger charge is -2.28. The highest BCUT2D eigenvalue weighted by molar-refractivity contribution is 5.74. The second-order valence-corrected chi connectivity index (χ2v) is 4.14. The smallest absolute Gasteiger partial charge is 0.143 e. The minimum absolute atomic E-state index is 0.486. The molecule has 3 nitrogen and oxygen atoms in total. The molecule has 3 heteroatoms. The van der Waals surface area contributed by atoms with E-state index in [1.807, 2.05) is 18.2 Å². The molecule has 0 amide bonds. The van der Waals surface area contributed by atoms with Gasteiger partial charge in [0, 0.05) is 13.1 Å². The lowest BCUT2D eigenvalue weighted by molar-refractivity contribution is 0.417. The number of benzene rings is 1. The van der Waals surface area contributed by atoms with Crippen molar-refractivity contribution in [2.24, 2.45) is 0 Å². The van der Waals surface area contributed by atoms with Crippen molar-refractivity contribution >= 4 is 11.4 Å². The molecule has 0 radical (unpaired) electrons. The zero-order valence-electron chi connectivity index (χ0n) is 10.7. The lowest BCUT2D eigenvalue weighted by atomic mass is 10.1. The summed E-state index contributed by atoms with van der Waals surface area (Å²) in [6.45, 7) is 4.40. The van der Waals surface area contributed by atoms with Gasteiger partial charge in [0.2, 0.25) is 0 Å². The van der Waals surface area contributed by atoms with Crippen LogP contribution >= 0.6 is 0 Å². The number of anilines is 2. The van der Waals surface area contributed by atoms with Crippen molar-refractivity contribution in [1.82, 2.24) is 0 Å². The molecule has 0 aliphatic carbocycles. The van der Waals surface area contributed by atoms with Crippen molar-refractivity contribution in [2.45, 2.75) is 32.7 Å². The summed E-state index contributed by atoms with van der Waals surface area (Å²) >= 11 is 0. The van der Waals surface area contributed by atoms with Crippen LogP contribution in [0.2, 0.25) is 0 Å². The molecule has 16 heavy (non-hydrogen) atoms. The number of para-hydroxylation sites is 1. The molecular formula is C13H22N2O. The first-order valence-electron chi connectivity index (χ1n) is 5.77. The van der Waals surface area contributed by atoms with E-state index in [4.69, 9.17) is 10.5 Å². The fraction of sp³-hybridized carbons (Fsp3) is 0.538. The summed E-state index contributed by atoms with van der Waals surface area (Å²) in [5, 5.41) is 0. The van der Waals surface area contributed by atoms with Gasteiger partial charge in [-0.05, 0) is 25.5 Å². The average Bonchev–Trinajstić information content (AvgIpc) is 2.29. The molecule has 0 aromatic heterocycles. The Morgan fingerprint density at radius 3 is 2.69 bits per heavy atom. The van der Waals surface area contributed by atoms with Gasteiger partial charge in [-0.15, -0.1) is 0 Å². The van der Waals surface area contributed by atoms with Gasteiger partial charge >= 0.3 is 0 Å². The molecule has 1 aromatic rings. The molecule has 0 heterocycles. The molecule has 1 aromatic carbocycles. The number of hydrogen-bond donors (Lipinski definition) is 1. The van der Waals surface area contributed by atoms with E-state index in [1.165, 1.54) is 6.42 Å². The largest absolute Gasteiger partial charge is 0.495 e. The highest BCUT2D eigenvalue weighted by Crippen LogP contribution is 2.32. The summed E-state index contributed by atoms with van der Waals surface area (Å²) in [5.74, 6) is 0.744. The van der Waals surface area contributed by atoms with Crippen LogP contribution in [0.3, 0.4) is 0 Å². The van der Waals surface area contributed by atoms with Crippen molar-refractivity contribution in [3.05, 3.63) is 18.2 Å². The Kier molecular flexibility index (Phi) is 4.47. The monoisotopic (exact) mass is 222 g/mol. The molecule has 0 spiro atoms. The fourth-order valence-corrected chi connectivity index (χ4v) is 1.87. The van der Waals surface area contributed by atoms with Gasteiger partial charge in [0.15, 0.2) is 0 Å². The minimum atomic E-state index is 0.486. The minimum Gasteiger partial charge on any atom is -0.495 e. The predicted molar refractivity (Wildman–Crippen MR) is 70.2 cm³/mol. The molecule has 1 rings (SSSR count). The molecule has 0 bridgehead atoms. The van der Waals surface area contributed by atoms with Crippen molar-refractivity contribution in [3.8, 4) is 5.75 Å². The number of methoxy groups -OCH3 is 1. The first-order chi connectivity index (χ1) is 7.61. The topological polar surface area (TPSA) is 38.5 Å². The number of nitrogen functional groups attached to an aromatic ring is 1. The standard InChI is InChI=1S/C13H22N2O/c1-5-7-10(2)15(3)11-8-6-9-12(16-4)13(11)14/h6,8-10H,5,7,14H2,1-4H3. The maximum absolute atomic E-state index is 6.06. The summed E-state index contributed by atoms with van der Waals surface area (Å²) in [6.07, 6.45) is 2.34. The molecular weight excluding hydrogens is 200 g/mol. The van der Waals surface area contributed by atoms with E-state index in [-0.39, 0.29) is 0 Å². The van der Waals surface area contributed by atoms with Gasteiger partial charge in [-0.2, -0.15) is 0 Å². The van der Waals surface area contributed by atoms with Gasteiger partial charge in [0.05, 0.1) is 18.5 Å². The second-order valence-electron chi connectivity index (χ2n) is 4.14. The van der Waals surface area contributed by atoms with Crippen LogP contribution in [0.4, 0.5) is 11.4 Å². The third-order valence-corrected chi connectivity index (χ3v) is 3.01. The molecule has 2 N–H and O–H groups in total. The Balaban J connectivity index is 2.94. The lowest BCUT2D eigenvalue weighted by Crippen LogP contribution is -2.29. The Morgan fingerprint density at radius 1 is 1.44 bits per heavy atom. The molecule has 90 valence electrons. The molecule has 0 aliphatic rings. The highest BCUT2D eigenvalue weighted by Gasteiger charge is 2.13. The zero-order valence-corrected chi connectivity index (χ0v) is 10.7. The number of nitrogens with two attached hydrogens (primary N) is 1. The van der Waals surface area contributed by atoms with Gasteiger partial charge in [-0.3, -0.25) is 0 Å². The Hall–Kier alpha value is -1.38. The van der Waals surface area contributed by atoms with Crippen molar-refractivity contribution < 1.29 is 4.74 Å². The Morgan fingerprint density at radius 2 is 2.12 bits per heavy atom. The van der Waals surface area contributed by atoms with Crippen LogP contribution in [-0.2, 0) is 0 Å². The maximum atomic E-state index is 6.06. The molecule has 0 saturated heterocycles. The number of hydrogen-bond acceptors (Lipinski definition) is 3. The van der Waals surface area contributed by atoms with Gasteiger partial charge in [0.25, 0.3) is 0 Å². The predicted octanol–water partition coefficient (Wildman–Crippen LogP) is 2.90. The van der Waals surface area contributed by atoms with Crippen molar-refractivity contribution in [2.75, 3.05) is 24.8 Å². The quantitative estimate of drug-likeness (QED) is 0.778. The van der Waals surface area contributed by atoms with Crippen molar-refractivity contribution in [3.63, 3.8) is 0 Å². The van der Waals surface area contributed by atoms with E-state index in [9.17, 15) is 0 Å². The van der Waals surface area contributed by atoms with Crippen LogP contribution in [-0.4, -0.2) is 20.2 Å². The summed E-state index contributed by atoms with van der Waals surface area (Å²) in [4.78, 5) is 2.21. The van der Waals surface area contributed by atoms with E-state index in [2.05, 4.69) is 25.8 Å². The Labute approximate surface area is 98.2 Å². The van der Waals surface area contributed by atoms with E-state index < -0.39 is 0 Å². The summed E-state index contributed by atoms with van der Waals surface area (Å²) in [6, 6.07) is 6.38. The first kappa shape index (κ1) is 12.7. The van der Waals surface area contributed by atoms with E-state index >= 15 is 0 Å². The molecule has 0 aliphatic heterocycles. The molecule has 0 fully saturated rings. The highest BCUT2D eigenvalue weighted by atomic mass is 16.5. The van der Waals surface area contributed by atoms with Crippen LogP contribution in [0.25, 0.3) is 0 Å². The zero-order chi connectivity index (χ0) is 12.1. The molecule has 1 unspecified atom stereocenters. The average molecular weight is 222 g/mol. The normalized spacial score (nSPS) is 12.2. The van der Waals surface area contributed by atoms with Crippen LogP contribution < -0.4 is 15.4 Å². The van der Waals surface area contributed by atoms with Gasteiger partial charge in [-0.25, -0.2) is 0 Å². The molecule has 1 atom stereocenters. The maximum Gasteiger partial charge on any atom is 0.143 e. The van der Waals surface area contributed by atoms with E-state index in [1.54, 1.807) is 7.11 Å². The van der Waals surface area contributed by atoms with Gasteiger partial charge < -0.3 is 15.4 Å². The van der Waals surface area contributed by atoms with Gasteiger partial charge in [-0.1, -0.05) is 19.4 Å². The van der Waals surface area contributed by atoms with Crippen LogP contribution in [0.15, 0.2) is 18.2 Å². The van der Waals surface area contributed by atoms with E-state index in [0.29, 0.717) is 6.04 Å². The summed E-state index contributed by atoms with van der Waals surface area (Å²) in [5.41, 5.74) is 7.82. The first-order valence-corrected chi connectivity index (χ1v) is 5.77. The fourth-order valence-electron chi connectivity index (χ4n) is 1.87. The Bertz CT molecular complexity index is 339. The van der Waals surface area contributed by atoms with Crippen LogP contribution in [0.5, 0.6) is 5.75 Å². The number of rotatable bonds is 5. The van der Waals surface area contributed by atoms with Crippen LogP contribution in [0, 0.1) is 0 Å². The van der Waals surface area contributed by atoms with Crippen molar-refractivity contribution in [1.29, 1.82) is 0 Å². The van der Waals surface area contributed by atoms with Crippen LogP contribution in [0.1, 0.15) is 26.7 Å². The number of nitrogens with zero attached hydrogens (tertiary/aromatic N) is 1. The summed E-state index contributed by atoms with van der Waals surface area (Å²) < 4.78 is 5.22. The van der Waals surface area contributed by atoms with E-state index in [0.717, 1.165) is 23.5 Å². The molecule has 0 saturated carbocycles. The second kappa shape index (κ2) is 5.64. The van der Waals surface area contributed by atoms with Gasteiger partial charge in [0.1, 0.15) is 5.75 Å². The SMILES string of the molecule is CCCC(C)N(C)c1cccc(OC)c1N. The third kappa shape index (κ3) is 2.60. The number of ether oxygens (including phenoxy) is 1. The third-order valence-electron chi connectivity index (χ3n) is 3.01. The summed E-state index contributed by atoms with van der Waals surface area (Å²) in [7, 11) is 3.72.